The highest BCUT2D eigenvalue weighted by molar-refractivity contribution is 5.85. The zero-order chi connectivity index (χ0) is 10.8. The van der Waals surface area contributed by atoms with Crippen molar-refractivity contribution >= 4 is 5.78 Å². The summed E-state index contributed by atoms with van der Waals surface area (Å²) in [7, 11) is 0. The maximum atomic E-state index is 12.0. The topological polar surface area (TPSA) is 29.1 Å². The predicted octanol–water partition coefficient (Wildman–Crippen LogP) is 2.38. The van der Waals surface area contributed by atoms with Crippen molar-refractivity contribution in [3.63, 3.8) is 0 Å². The molecule has 0 bridgehead atoms. The van der Waals surface area contributed by atoms with Crippen LogP contribution in [0.3, 0.4) is 0 Å². The molecule has 2 aliphatic rings. The van der Waals surface area contributed by atoms with Crippen LogP contribution in [0.4, 0.5) is 0 Å². The van der Waals surface area contributed by atoms with Gasteiger partial charge in [0.2, 0.25) is 0 Å². The van der Waals surface area contributed by atoms with Crippen molar-refractivity contribution in [2.24, 2.45) is 17.8 Å². The number of ketones is 1. The van der Waals surface area contributed by atoms with Crippen LogP contribution in [0.1, 0.15) is 46.0 Å². The summed E-state index contributed by atoms with van der Waals surface area (Å²) in [5.74, 6) is 2.02. The molecule has 0 radical (unpaired) electrons. The van der Waals surface area contributed by atoms with Gasteiger partial charge in [-0.05, 0) is 38.1 Å². The molecule has 0 spiro atoms. The molecule has 0 aromatic heterocycles. The molecule has 1 saturated heterocycles. The maximum Gasteiger partial charge on any atom is 0.140 e. The van der Waals surface area contributed by atoms with Gasteiger partial charge in [0, 0.05) is 17.9 Å². The lowest BCUT2D eigenvalue weighted by atomic mass is 9.82. The largest absolute Gasteiger partial charge is 0.313 e. The average molecular weight is 209 g/mol. The summed E-state index contributed by atoms with van der Waals surface area (Å²) < 4.78 is 0. The lowest BCUT2D eigenvalue weighted by Gasteiger charge is -2.33. The number of carbonyl (C=O) groups excluding carboxylic acids is 1. The molecule has 0 aromatic carbocycles. The van der Waals surface area contributed by atoms with Gasteiger partial charge in [-0.1, -0.05) is 20.3 Å². The molecule has 15 heavy (non-hydrogen) atoms. The Bertz CT molecular complexity index is 235. The second-order valence-corrected chi connectivity index (χ2v) is 5.32. The van der Waals surface area contributed by atoms with E-state index in [4.69, 9.17) is 0 Å². The molecular weight excluding hydrogens is 186 g/mol. The standard InChI is InChI=1S/C13H23NO/c1-3-10-6-7-14-12(8-10)9(2)13(15)11-4-5-11/h9-12,14H,3-8H2,1-2H3. The number of Topliss-reactive ketones (excluding diaryl/α,β-unsaturated/α-hetero) is 1. The van der Waals surface area contributed by atoms with Crippen LogP contribution in [0.25, 0.3) is 0 Å². The zero-order valence-electron chi connectivity index (χ0n) is 9.96. The Balaban J connectivity index is 1.88. The van der Waals surface area contributed by atoms with Gasteiger partial charge in [0.15, 0.2) is 0 Å². The van der Waals surface area contributed by atoms with Crippen LogP contribution >= 0.6 is 0 Å². The third-order valence-corrected chi connectivity index (χ3v) is 4.16. The van der Waals surface area contributed by atoms with Gasteiger partial charge in [-0.25, -0.2) is 0 Å². The van der Waals surface area contributed by atoms with Gasteiger partial charge in [0.1, 0.15) is 5.78 Å². The molecule has 2 heteroatoms. The monoisotopic (exact) mass is 209 g/mol. The highest BCUT2D eigenvalue weighted by Gasteiger charge is 2.37. The number of hydrogen-bond donors (Lipinski definition) is 1. The quantitative estimate of drug-likeness (QED) is 0.770. The average Bonchev–Trinajstić information content (AvgIpc) is 3.11. The van der Waals surface area contributed by atoms with E-state index in [0.717, 1.165) is 25.3 Å². The lowest BCUT2D eigenvalue weighted by Crippen LogP contribution is -2.45. The summed E-state index contributed by atoms with van der Waals surface area (Å²) in [4.78, 5) is 12.0. The fourth-order valence-electron chi connectivity index (χ4n) is 2.72. The predicted molar refractivity (Wildman–Crippen MR) is 61.7 cm³/mol. The molecule has 3 unspecified atom stereocenters. The third kappa shape index (κ3) is 2.60. The number of hydrogen-bond acceptors (Lipinski definition) is 2. The van der Waals surface area contributed by atoms with Crippen molar-refractivity contribution in [1.82, 2.24) is 5.32 Å². The highest BCUT2D eigenvalue weighted by Crippen LogP contribution is 2.34. The lowest BCUT2D eigenvalue weighted by molar-refractivity contribution is -0.124. The molecule has 2 rings (SSSR count). The highest BCUT2D eigenvalue weighted by atomic mass is 16.1. The van der Waals surface area contributed by atoms with Gasteiger partial charge in [-0.15, -0.1) is 0 Å². The summed E-state index contributed by atoms with van der Waals surface area (Å²) in [6.07, 6.45) is 6.05. The van der Waals surface area contributed by atoms with Crippen molar-refractivity contribution in [3.8, 4) is 0 Å². The minimum absolute atomic E-state index is 0.242. The summed E-state index contributed by atoms with van der Waals surface area (Å²) in [5.41, 5.74) is 0. The molecular formula is C13H23NO. The molecule has 1 N–H and O–H groups in total. The van der Waals surface area contributed by atoms with Crippen LogP contribution in [0, 0.1) is 17.8 Å². The number of carbonyl (C=O) groups is 1. The van der Waals surface area contributed by atoms with Gasteiger partial charge >= 0.3 is 0 Å². The smallest absolute Gasteiger partial charge is 0.140 e. The first-order chi connectivity index (χ1) is 7.22. The van der Waals surface area contributed by atoms with Crippen LogP contribution in [0.5, 0.6) is 0 Å². The second-order valence-electron chi connectivity index (χ2n) is 5.32. The molecule has 3 atom stereocenters. The third-order valence-electron chi connectivity index (χ3n) is 4.16. The van der Waals surface area contributed by atoms with E-state index in [1.54, 1.807) is 0 Å². The van der Waals surface area contributed by atoms with E-state index in [1.807, 2.05) is 0 Å². The van der Waals surface area contributed by atoms with Crippen molar-refractivity contribution < 1.29 is 4.79 Å². The Kier molecular flexibility index (Phi) is 3.45. The second kappa shape index (κ2) is 4.65. The fourth-order valence-corrected chi connectivity index (χ4v) is 2.72. The Morgan fingerprint density at radius 1 is 1.40 bits per heavy atom. The van der Waals surface area contributed by atoms with Gasteiger partial charge < -0.3 is 5.32 Å². The van der Waals surface area contributed by atoms with Gasteiger partial charge in [-0.2, -0.15) is 0 Å². The first-order valence-corrected chi connectivity index (χ1v) is 6.49. The summed E-state index contributed by atoms with van der Waals surface area (Å²) in [6, 6.07) is 0.455. The Hall–Kier alpha value is -0.370. The van der Waals surface area contributed by atoms with E-state index in [1.165, 1.54) is 19.3 Å². The zero-order valence-corrected chi connectivity index (χ0v) is 9.96. The van der Waals surface area contributed by atoms with Crippen LogP contribution in [-0.2, 0) is 4.79 Å². The number of nitrogens with one attached hydrogen (secondary N) is 1. The first-order valence-electron chi connectivity index (χ1n) is 6.49. The van der Waals surface area contributed by atoms with Crippen LogP contribution in [0.15, 0.2) is 0 Å². The maximum absolute atomic E-state index is 12.0. The van der Waals surface area contributed by atoms with Crippen molar-refractivity contribution in [2.45, 2.75) is 52.0 Å². The molecule has 1 aliphatic carbocycles. The minimum atomic E-state index is 0.242. The molecule has 2 nitrogen and oxygen atoms in total. The summed E-state index contributed by atoms with van der Waals surface area (Å²) in [6.45, 7) is 5.49. The number of piperidine rings is 1. The van der Waals surface area contributed by atoms with Crippen molar-refractivity contribution in [2.75, 3.05) is 6.54 Å². The van der Waals surface area contributed by atoms with Gasteiger partial charge in [0.05, 0.1) is 0 Å². The molecule has 1 heterocycles. The number of rotatable bonds is 4. The van der Waals surface area contributed by atoms with Crippen LogP contribution < -0.4 is 5.32 Å². The summed E-state index contributed by atoms with van der Waals surface area (Å²) in [5, 5.41) is 3.53. The Morgan fingerprint density at radius 3 is 2.73 bits per heavy atom. The fraction of sp³-hybridized carbons (Fsp3) is 0.923. The van der Waals surface area contributed by atoms with Crippen molar-refractivity contribution in [1.29, 1.82) is 0 Å². The molecule has 2 fully saturated rings. The molecule has 86 valence electrons. The van der Waals surface area contributed by atoms with Gasteiger partial charge in [0.25, 0.3) is 0 Å². The Morgan fingerprint density at radius 2 is 2.13 bits per heavy atom. The molecule has 1 aliphatic heterocycles. The normalized spacial score (nSPS) is 33.7. The van der Waals surface area contributed by atoms with E-state index in [2.05, 4.69) is 19.2 Å². The van der Waals surface area contributed by atoms with E-state index >= 15 is 0 Å². The van der Waals surface area contributed by atoms with Crippen LogP contribution in [-0.4, -0.2) is 18.4 Å². The van der Waals surface area contributed by atoms with Gasteiger partial charge in [-0.3, -0.25) is 4.79 Å². The summed E-state index contributed by atoms with van der Waals surface area (Å²) >= 11 is 0. The van der Waals surface area contributed by atoms with E-state index in [0.29, 0.717) is 17.7 Å². The Labute approximate surface area is 92.8 Å². The SMILES string of the molecule is CCC1CCNC(C(C)C(=O)C2CC2)C1. The van der Waals surface area contributed by atoms with E-state index < -0.39 is 0 Å². The van der Waals surface area contributed by atoms with E-state index in [-0.39, 0.29) is 5.92 Å². The minimum Gasteiger partial charge on any atom is -0.313 e. The first kappa shape index (κ1) is 11.1. The molecule has 0 aromatic rings. The molecule has 1 saturated carbocycles. The molecule has 0 amide bonds. The van der Waals surface area contributed by atoms with Crippen LogP contribution in [0.2, 0.25) is 0 Å². The van der Waals surface area contributed by atoms with Crippen molar-refractivity contribution in [3.05, 3.63) is 0 Å². The van der Waals surface area contributed by atoms with E-state index in [9.17, 15) is 4.79 Å².